The van der Waals surface area contributed by atoms with Crippen LogP contribution in [0, 0.1) is 5.92 Å². The average molecular weight is 340 g/mol. The summed E-state index contributed by atoms with van der Waals surface area (Å²) < 4.78 is 0. The highest BCUT2D eigenvalue weighted by Gasteiger charge is 2.31. The van der Waals surface area contributed by atoms with Gasteiger partial charge in [0.25, 0.3) is 5.91 Å². The highest BCUT2D eigenvalue weighted by Crippen LogP contribution is 2.19. The van der Waals surface area contributed by atoms with E-state index in [0.29, 0.717) is 31.7 Å². The molecule has 1 aromatic rings. The lowest BCUT2D eigenvalue weighted by Gasteiger charge is -2.36. The smallest absolute Gasteiger partial charge is 0.257 e. The Kier molecular flexibility index (Phi) is 5.85. The van der Waals surface area contributed by atoms with E-state index < -0.39 is 0 Å². The van der Waals surface area contributed by atoms with E-state index in [2.05, 4.69) is 5.32 Å². The first-order chi connectivity index (χ1) is 10.7. The Hall–Kier alpha value is -1.79. The van der Waals surface area contributed by atoms with Crippen molar-refractivity contribution in [2.45, 2.75) is 6.42 Å². The lowest BCUT2D eigenvalue weighted by Crippen LogP contribution is -2.52. The third kappa shape index (κ3) is 3.76. The van der Waals surface area contributed by atoms with Crippen LogP contribution in [0.3, 0.4) is 0 Å². The van der Waals surface area contributed by atoms with Crippen molar-refractivity contribution in [2.75, 3.05) is 39.3 Å². The van der Waals surface area contributed by atoms with Crippen molar-refractivity contribution in [2.24, 2.45) is 5.92 Å². The molecule has 2 aliphatic rings. The van der Waals surface area contributed by atoms with Crippen LogP contribution in [-0.4, -0.2) is 66.0 Å². The van der Waals surface area contributed by atoms with Gasteiger partial charge >= 0.3 is 0 Å². The third-order valence-electron chi connectivity index (χ3n) is 4.42. The molecule has 1 unspecified atom stereocenters. The molecule has 23 heavy (non-hydrogen) atoms. The molecule has 1 aromatic carbocycles. The summed E-state index contributed by atoms with van der Waals surface area (Å²) in [6, 6.07) is 6.57. The van der Waals surface area contributed by atoms with Gasteiger partial charge in [-0.2, -0.15) is 0 Å². The van der Waals surface area contributed by atoms with Crippen LogP contribution in [0.5, 0.6) is 5.75 Å². The minimum absolute atomic E-state index is 0. The second kappa shape index (κ2) is 7.66. The zero-order chi connectivity index (χ0) is 15.5. The Morgan fingerprint density at radius 1 is 1.09 bits per heavy atom. The third-order valence-corrected chi connectivity index (χ3v) is 4.42. The van der Waals surface area contributed by atoms with E-state index in [4.69, 9.17) is 0 Å². The molecular weight excluding hydrogens is 318 g/mol. The highest BCUT2D eigenvalue weighted by atomic mass is 35.5. The van der Waals surface area contributed by atoms with Gasteiger partial charge in [-0.15, -0.1) is 12.4 Å². The molecule has 0 aromatic heterocycles. The van der Waals surface area contributed by atoms with Crippen molar-refractivity contribution >= 4 is 24.2 Å². The number of nitrogens with zero attached hydrogens (tertiary/aromatic N) is 2. The highest BCUT2D eigenvalue weighted by molar-refractivity contribution is 5.97. The number of carbonyl (C=O) groups excluding carboxylic acids is 2. The summed E-state index contributed by atoms with van der Waals surface area (Å²) in [6.07, 6.45) is 0.899. The number of hydrogen-bond acceptors (Lipinski definition) is 4. The predicted octanol–water partition coefficient (Wildman–Crippen LogP) is 0.708. The van der Waals surface area contributed by atoms with E-state index in [1.165, 1.54) is 6.07 Å². The first-order valence-electron chi connectivity index (χ1n) is 7.73. The molecule has 126 valence electrons. The van der Waals surface area contributed by atoms with Gasteiger partial charge in [-0.05, 0) is 25.1 Å². The Morgan fingerprint density at radius 3 is 2.35 bits per heavy atom. The van der Waals surface area contributed by atoms with Gasteiger partial charge in [0, 0.05) is 32.7 Å². The zero-order valence-electron chi connectivity index (χ0n) is 12.9. The fourth-order valence-electron chi connectivity index (χ4n) is 3.08. The maximum Gasteiger partial charge on any atom is 0.257 e. The van der Waals surface area contributed by atoms with Gasteiger partial charge < -0.3 is 20.2 Å². The van der Waals surface area contributed by atoms with E-state index in [0.717, 1.165) is 19.5 Å². The van der Waals surface area contributed by atoms with Crippen molar-refractivity contribution in [1.29, 1.82) is 0 Å². The molecule has 0 saturated carbocycles. The van der Waals surface area contributed by atoms with Crippen molar-refractivity contribution < 1.29 is 14.7 Å². The Labute approximate surface area is 141 Å². The predicted molar refractivity (Wildman–Crippen MR) is 88.8 cm³/mol. The molecule has 6 nitrogen and oxygen atoms in total. The van der Waals surface area contributed by atoms with Gasteiger partial charge in [0.05, 0.1) is 11.5 Å². The van der Waals surface area contributed by atoms with Gasteiger partial charge in [0.1, 0.15) is 5.75 Å². The molecule has 2 amide bonds. The molecule has 2 aliphatic heterocycles. The number of rotatable bonds is 2. The number of amides is 2. The summed E-state index contributed by atoms with van der Waals surface area (Å²) in [7, 11) is 0. The SMILES string of the molecule is Cl.O=C(c1ccccc1O)N1CCN(C(=O)C2CCNC2)CC1. The van der Waals surface area contributed by atoms with Gasteiger partial charge in [-0.1, -0.05) is 12.1 Å². The van der Waals surface area contributed by atoms with E-state index in [1.54, 1.807) is 23.1 Å². The van der Waals surface area contributed by atoms with Crippen molar-refractivity contribution in [3.8, 4) is 5.75 Å². The van der Waals surface area contributed by atoms with Gasteiger partial charge in [0.2, 0.25) is 5.91 Å². The number of nitrogens with one attached hydrogen (secondary N) is 1. The maximum atomic E-state index is 12.4. The van der Waals surface area contributed by atoms with Crippen LogP contribution >= 0.6 is 12.4 Å². The summed E-state index contributed by atoms with van der Waals surface area (Å²) in [4.78, 5) is 28.3. The molecule has 0 spiro atoms. The monoisotopic (exact) mass is 339 g/mol. The van der Waals surface area contributed by atoms with Crippen LogP contribution in [0.4, 0.5) is 0 Å². The Balaban J connectivity index is 0.00000192. The van der Waals surface area contributed by atoms with Crippen LogP contribution in [0.1, 0.15) is 16.8 Å². The molecule has 2 fully saturated rings. The van der Waals surface area contributed by atoms with Crippen molar-refractivity contribution in [3.63, 3.8) is 0 Å². The lowest BCUT2D eigenvalue weighted by atomic mass is 10.1. The maximum absolute atomic E-state index is 12.4. The summed E-state index contributed by atoms with van der Waals surface area (Å²) in [5.41, 5.74) is 0.322. The summed E-state index contributed by atoms with van der Waals surface area (Å²) in [6.45, 7) is 3.82. The number of piperazine rings is 1. The quantitative estimate of drug-likeness (QED) is 0.832. The lowest BCUT2D eigenvalue weighted by molar-refractivity contribution is -0.136. The van der Waals surface area contributed by atoms with Crippen molar-refractivity contribution in [1.82, 2.24) is 15.1 Å². The van der Waals surface area contributed by atoms with Crippen LogP contribution in [-0.2, 0) is 4.79 Å². The molecular formula is C16H22ClN3O3. The fraction of sp³-hybridized carbons (Fsp3) is 0.500. The molecule has 1 atom stereocenters. The summed E-state index contributed by atoms with van der Waals surface area (Å²) in [5.74, 6) is 0.107. The summed E-state index contributed by atoms with van der Waals surface area (Å²) in [5, 5.41) is 13.0. The molecule has 7 heteroatoms. The standard InChI is InChI=1S/C16H21N3O3.ClH/c20-14-4-2-1-3-13(14)16(22)19-9-7-18(8-10-19)15(21)12-5-6-17-11-12;/h1-4,12,17,20H,5-11H2;1H. The minimum atomic E-state index is -0.173. The largest absolute Gasteiger partial charge is 0.507 e. The number of aromatic hydroxyl groups is 1. The molecule has 0 bridgehead atoms. The fourth-order valence-corrected chi connectivity index (χ4v) is 3.08. The van der Waals surface area contributed by atoms with E-state index in [-0.39, 0.29) is 35.9 Å². The zero-order valence-corrected chi connectivity index (χ0v) is 13.7. The van der Waals surface area contributed by atoms with E-state index in [1.807, 2.05) is 4.90 Å². The number of benzene rings is 1. The first-order valence-corrected chi connectivity index (χ1v) is 7.73. The first kappa shape index (κ1) is 17.6. The van der Waals surface area contributed by atoms with Gasteiger partial charge in [-0.25, -0.2) is 0 Å². The van der Waals surface area contributed by atoms with Crippen LogP contribution in [0.2, 0.25) is 0 Å². The molecule has 0 aliphatic carbocycles. The normalized spacial score (nSPS) is 21.0. The second-order valence-electron chi connectivity index (χ2n) is 5.82. The van der Waals surface area contributed by atoms with Crippen LogP contribution < -0.4 is 5.32 Å². The van der Waals surface area contributed by atoms with E-state index in [9.17, 15) is 14.7 Å². The van der Waals surface area contributed by atoms with E-state index >= 15 is 0 Å². The number of phenolic OH excluding ortho intramolecular Hbond substituents is 1. The summed E-state index contributed by atoms with van der Waals surface area (Å²) >= 11 is 0. The van der Waals surface area contributed by atoms with Crippen LogP contribution in [0.15, 0.2) is 24.3 Å². The van der Waals surface area contributed by atoms with Gasteiger partial charge in [0.15, 0.2) is 0 Å². The topological polar surface area (TPSA) is 72.9 Å². The van der Waals surface area contributed by atoms with Crippen molar-refractivity contribution in [3.05, 3.63) is 29.8 Å². The second-order valence-corrected chi connectivity index (χ2v) is 5.82. The number of hydrogen-bond donors (Lipinski definition) is 2. The van der Waals surface area contributed by atoms with Crippen LogP contribution in [0.25, 0.3) is 0 Å². The number of halogens is 1. The number of para-hydroxylation sites is 1. The number of carbonyl (C=O) groups is 2. The molecule has 2 saturated heterocycles. The average Bonchev–Trinajstić information content (AvgIpc) is 3.09. The number of phenols is 1. The van der Waals surface area contributed by atoms with Gasteiger partial charge in [-0.3, -0.25) is 9.59 Å². The Morgan fingerprint density at radius 2 is 1.74 bits per heavy atom. The minimum Gasteiger partial charge on any atom is -0.507 e. The molecule has 0 radical (unpaired) electrons. The Bertz CT molecular complexity index is 567. The molecule has 3 rings (SSSR count). The molecule has 2 heterocycles. The molecule has 2 N–H and O–H groups in total.